The van der Waals surface area contributed by atoms with Crippen LogP contribution in [0.3, 0.4) is 0 Å². The van der Waals surface area contributed by atoms with Gasteiger partial charge >= 0.3 is 0 Å². The number of hydrogen-bond donors (Lipinski definition) is 1. The van der Waals surface area contributed by atoms with E-state index in [9.17, 15) is 14.3 Å². The number of pyridine rings is 1. The molecule has 0 aromatic carbocycles. The molecule has 0 saturated heterocycles. The second-order valence-electron chi connectivity index (χ2n) is 3.35. The highest BCUT2D eigenvalue weighted by atomic mass is 19.1. The first-order chi connectivity index (χ1) is 6.47. The normalized spacial score (nSPS) is 14.9. The van der Waals surface area contributed by atoms with Crippen LogP contribution in [0, 0.1) is 5.82 Å². The van der Waals surface area contributed by atoms with Crippen molar-refractivity contribution in [2.45, 2.75) is 25.9 Å². The lowest BCUT2D eigenvalue weighted by Crippen LogP contribution is -2.34. The van der Waals surface area contributed by atoms with Gasteiger partial charge in [-0.2, -0.15) is 0 Å². The minimum Gasteiger partial charge on any atom is -0.382 e. The predicted octanol–water partition coefficient (Wildman–Crippen LogP) is 1.56. The summed E-state index contributed by atoms with van der Waals surface area (Å²) in [5.74, 6) is -1.09. The highest BCUT2D eigenvalue weighted by molar-refractivity contribution is 6.01. The molecule has 0 amide bonds. The molecule has 1 N–H and O–H groups in total. The van der Waals surface area contributed by atoms with Gasteiger partial charge in [0.2, 0.25) is 0 Å². The van der Waals surface area contributed by atoms with Gasteiger partial charge in [0.25, 0.3) is 0 Å². The van der Waals surface area contributed by atoms with Crippen molar-refractivity contribution in [1.82, 2.24) is 4.98 Å². The maximum atomic E-state index is 12.7. The first kappa shape index (κ1) is 10.8. The Labute approximate surface area is 81.6 Å². The summed E-state index contributed by atoms with van der Waals surface area (Å²) < 4.78 is 12.7. The van der Waals surface area contributed by atoms with Gasteiger partial charge in [0.1, 0.15) is 11.4 Å². The van der Waals surface area contributed by atoms with Gasteiger partial charge in [-0.3, -0.25) is 9.78 Å². The fourth-order valence-corrected chi connectivity index (χ4v) is 1.01. The molecule has 76 valence electrons. The Bertz CT molecular complexity index is 350. The third kappa shape index (κ3) is 2.14. The first-order valence-corrected chi connectivity index (χ1v) is 4.35. The molecule has 1 aromatic heterocycles. The topological polar surface area (TPSA) is 50.2 Å². The molecule has 0 aliphatic heterocycles. The van der Waals surface area contributed by atoms with Crippen molar-refractivity contribution in [3.63, 3.8) is 0 Å². The third-order valence-electron chi connectivity index (χ3n) is 2.14. The van der Waals surface area contributed by atoms with Gasteiger partial charge in [-0.15, -0.1) is 0 Å². The van der Waals surface area contributed by atoms with E-state index in [0.29, 0.717) is 0 Å². The number of carbonyl (C=O) groups is 1. The van der Waals surface area contributed by atoms with Crippen molar-refractivity contribution >= 4 is 5.78 Å². The summed E-state index contributed by atoms with van der Waals surface area (Å²) in [5.41, 5.74) is -1.35. The Morgan fingerprint density at radius 3 is 2.79 bits per heavy atom. The van der Waals surface area contributed by atoms with Gasteiger partial charge in [-0.1, -0.05) is 6.92 Å². The van der Waals surface area contributed by atoms with E-state index in [1.54, 1.807) is 6.92 Å². The number of carbonyl (C=O) groups excluding carboxylic acids is 1. The van der Waals surface area contributed by atoms with Crippen molar-refractivity contribution in [1.29, 1.82) is 0 Å². The van der Waals surface area contributed by atoms with E-state index >= 15 is 0 Å². The Morgan fingerprint density at radius 1 is 1.64 bits per heavy atom. The Morgan fingerprint density at radius 2 is 2.29 bits per heavy atom. The number of aromatic nitrogens is 1. The SMILES string of the molecule is CCC(C)(O)C(=O)c1cncc(F)c1. The van der Waals surface area contributed by atoms with Gasteiger partial charge in [0, 0.05) is 11.8 Å². The second kappa shape index (κ2) is 3.84. The number of halogens is 1. The molecule has 0 aliphatic carbocycles. The molecule has 0 fully saturated rings. The summed E-state index contributed by atoms with van der Waals surface area (Å²) >= 11 is 0. The summed E-state index contributed by atoms with van der Waals surface area (Å²) in [6.07, 6.45) is 2.54. The van der Waals surface area contributed by atoms with Crippen molar-refractivity contribution in [3.05, 3.63) is 29.8 Å². The van der Waals surface area contributed by atoms with Crippen LogP contribution in [0.2, 0.25) is 0 Å². The summed E-state index contributed by atoms with van der Waals surface area (Å²) in [4.78, 5) is 15.1. The number of ketones is 1. The molecule has 3 nitrogen and oxygen atoms in total. The maximum Gasteiger partial charge on any atom is 0.195 e. The van der Waals surface area contributed by atoms with Crippen LogP contribution in [0.1, 0.15) is 30.6 Å². The van der Waals surface area contributed by atoms with Crippen LogP contribution in [-0.2, 0) is 0 Å². The molecule has 0 radical (unpaired) electrons. The van der Waals surface area contributed by atoms with Gasteiger partial charge in [-0.05, 0) is 19.4 Å². The van der Waals surface area contributed by atoms with Crippen LogP contribution in [0.25, 0.3) is 0 Å². The Balaban J connectivity index is 3.01. The standard InChI is InChI=1S/C10H12FNO2/c1-3-10(2,14)9(13)7-4-8(11)6-12-5-7/h4-6,14H,3H2,1-2H3. The van der Waals surface area contributed by atoms with Gasteiger partial charge in [0.15, 0.2) is 5.78 Å². The summed E-state index contributed by atoms with van der Waals surface area (Å²) in [7, 11) is 0. The molecule has 1 rings (SSSR count). The van der Waals surface area contributed by atoms with Crippen LogP contribution in [0.4, 0.5) is 4.39 Å². The first-order valence-electron chi connectivity index (χ1n) is 4.35. The van der Waals surface area contributed by atoms with E-state index < -0.39 is 17.2 Å². The number of nitrogens with zero attached hydrogens (tertiary/aromatic N) is 1. The van der Waals surface area contributed by atoms with E-state index in [-0.39, 0.29) is 12.0 Å². The lowest BCUT2D eigenvalue weighted by molar-refractivity contribution is 0.0390. The largest absolute Gasteiger partial charge is 0.382 e. The van der Waals surface area contributed by atoms with Crippen molar-refractivity contribution < 1.29 is 14.3 Å². The van der Waals surface area contributed by atoms with Crippen LogP contribution in [0.5, 0.6) is 0 Å². The average Bonchev–Trinajstić information content (AvgIpc) is 2.16. The van der Waals surface area contributed by atoms with Crippen molar-refractivity contribution in [2.75, 3.05) is 0 Å². The van der Waals surface area contributed by atoms with Crippen LogP contribution < -0.4 is 0 Å². The monoisotopic (exact) mass is 197 g/mol. The van der Waals surface area contributed by atoms with Crippen LogP contribution in [0.15, 0.2) is 18.5 Å². The molecule has 14 heavy (non-hydrogen) atoms. The zero-order chi connectivity index (χ0) is 10.8. The zero-order valence-electron chi connectivity index (χ0n) is 8.12. The Hall–Kier alpha value is -1.29. The Kier molecular flexibility index (Phi) is 2.96. The molecule has 0 bridgehead atoms. The van der Waals surface area contributed by atoms with E-state index in [4.69, 9.17) is 0 Å². The number of aliphatic hydroxyl groups is 1. The van der Waals surface area contributed by atoms with E-state index in [2.05, 4.69) is 4.98 Å². The molecular weight excluding hydrogens is 185 g/mol. The molecule has 1 unspecified atom stereocenters. The lowest BCUT2D eigenvalue weighted by atomic mass is 9.93. The minimum atomic E-state index is -1.45. The molecule has 1 aromatic rings. The molecule has 4 heteroatoms. The molecule has 1 atom stereocenters. The predicted molar refractivity (Wildman–Crippen MR) is 49.4 cm³/mol. The van der Waals surface area contributed by atoms with Crippen molar-refractivity contribution in [3.8, 4) is 0 Å². The smallest absolute Gasteiger partial charge is 0.195 e. The fraction of sp³-hybridized carbons (Fsp3) is 0.400. The summed E-state index contributed by atoms with van der Waals surface area (Å²) in [6.45, 7) is 3.09. The van der Waals surface area contributed by atoms with Gasteiger partial charge in [0.05, 0.1) is 6.20 Å². The molecule has 0 saturated carbocycles. The average molecular weight is 197 g/mol. The van der Waals surface area contributed by atoms with Gasteiger partial charge in [-0.25, -0.2) is 4.39 Å². The second-order valence-corrected chi connectivity index (χ2v) is 3.35. The van der Waals surface area contributed by atoms with Crippen LogP contribution in [-0.4, -0.2) is 21.5 Å². The fourth-order valence-electron chi connectivity index (χ4n) is 1.01. The zero-order valence-corrected chi connectivity index (χ0v) is 8.12. The highest BCUT2D eigenvalue weighted by Crippen LogP contribution is 2.16. The molecule has 1 heterocycles. The summed E-state index contributed by atoms with van der Waals surface area (Å²) in [5, 5.41) is 9.64. The quantitative estimate of drug-likeness (QED) is 0.748. The number of Topliss-reactive ketones (excluding diaryl/α,β-unsaturated/α-hetero) is 1. The molecule has 0 spiro atoms. The summed E-state index contributed by atoms with van der Waals surface area (Å²) in [6, 6.07) is 1.07. The van der Waals surface area contributed by atoms with Crippen molar-refractivity contribution in [2.24, 2.45) is 0 Å². The number of rotatable bonds is 3. The highest BCUT2D eigenvalue weighted by Gasteiger charge is 2.29. The molecular formula is C10H12FNO2. The lowest BCUT2D eigenvalue weighted by Gasteiger charge is -2.19. The van der Waals surface area contributed by atoms with Crippen LogP contribution >= 0.6 is 0 Å². The number of hydrogen-bond acceptors (Lipinski definition) is 3. The minimum absolute atomic E-state index is 0.0943. The maximum absolute atomic E-state index is 12.7. The molecule has 0 aliphatic rings. The van der Waals surface area contributed by atoms with E-state index in [1.165, 1.54) is 13.1 Å². The van der Waals surface area contributed by atoms with E-state index in [1.807, 2.05) is 0 Å². The van der Waals surface area contributed by atoms with E-state index in [0.717, 1.165) is 12.3 Å². The third-order valence-corrected chi connectivity index (χ3v) is 2.14. The van der Waals surface area contributed by atoms with Gasteiger partial charge < -0.3 is 5.11 Å².